The third kappa shape index (κ3) is 4.01. The Bertz CT molecular complexity index is 880. The van der Waals surface area contributed by atoms with Crippen LogP contribution in [-0.4, -0.2) is 50.1 Å². The van der Waals surface area contributed by atoms with Gasteiger partial charge in [0.2, 0.25) is 0 Å². The zero-order valence-corrected chi connectivity index (χ0v) is 16.8. The van der Waals surface area contributed by atoms with Crippen LogP contribution in [0.4, 0.5) is 10.1 Å². The fourth-order valence-electron chi connectivity index (χ4n) is 4.14. The molecule has 1 N–H and O–H groups in total. The molecular weight excluding hydrogens is 377 g/mol. The quantitative estimate of drug-likeness (QED) is 0.854. The molecule has 4 rings (SSSR count). The van der Waals surface area contributed by atoms with E-state index in [2.05, 4.69) is 40.4 Å². The lowest BCUT2D eigenvalue weighted by molar-refractivity contribution is 0.0933. The van der Waals surface area contributed by atoms with Crippen molar-refractivity contribution in [3.8, 4) is 0 Å². The van der Waals surface area contributed by atoms with Crippen LogP contribution in [0.5, 0.6) is 0 Å². The first-order valence-corrected chi connectivity index (χ1v) is 10.2. The van der Waals surface area contributed by atoms with Gasteiger partial charge in [0.05, 0.1) is 5.02 Å². The molecular formula is C22H25ClFN3O. The highest BCUT2D eigenvalue weighted by Gasteiger charge is 2.25. The summed E-state index contributed by atoms with van der Waals surface area (Å²) in [5.41, 5.74) is 4.42. The molecule has 0 unspecified atom stereocenters. The van der Waals surface area contributed by atoms with Crippen LogP contribution in [0.3, 0.4) is 0 Å². The number of fused-ring (bicyclic) bond motifs is 1. The molecule has 0 saturated carbocycles. The first-order chi connectivity index (χ1) is 13.5. The summed E-state index contributed by atoms with van der Waals surface area (Å²) in [7, 11) is 2.16. The van der Waals surface area contributed by atoms with E-state index < -0.39 is 5.82 Å². The molecule has 1 aliphatic heterocycles. The van der Waals surface area contributed by atoms with Gasteiger partial charge in [0.25, 0.3) is 5.91 Å². The number of amides is 1. The number of hydrogen-bond acceptors (Lipinski definition) is 3. The highest BCUT2D eigenvalue weighted by Crippen LogP contribution is 2.31. The van der Waals surface area contributed by atoms with Crippen LogP contribution in [0.15, 0.2) is 36.4 Å². The smallest absolute Gasteiger partial charge is 0.251 e. The number of halogens is 2. The number of piperazine rings is 1. The van der Waals surface area contributed by atoms with Crippen molar-refractivity contribution in [1.29, 1.82) is 0 Å². The van der Waals surface area contributed by atoms with Crippen molar-refractivity contribution in [3.63, 3.8) is 0 Å². The van der Waals surface area contributed by atoms with Gasteiger partial charge in [-0.3, -0.25) is 4.79 Å². The monoisotopic (exact) mass is 401 g/mol. The number of nitrogens with zero attached hydrogens (tertiary/aromatic N) is 2. The van der Waals surface area contributed by atoms with Crippen molar-refractivity contribution in [1.82, 2.24) is 10.2 Å². The molecule has 0 bridgehead atoms. The van der Waals surface area contributed by atoms with Crippen LogP contribution < -0.4 is 10.2 Å². The number of carbonyl (C=O) groups excluding carboxylic acids is 1. The Morgan fingerprint density at radius 2 is 1.96 bits per heavy atom. The van der Waals surface area contributed by atoms with Crippen molar-refractivity contribution in [2.75, 3.05) is 38.1 Å². The minimum Gasteiger partial charge on any atom is -0.369 e. The maximum Gasteiger partial charge on any atom is 0.251 e. The molecule has 4 nitrogen and oxygen atoms in total. The van der Waals surface area contributed by atoms with Gasteiger partial charge >= 0.3 is 0 Å². The lowest BCUT2D eigenvalue weighted by Crippen LogP contribution is -2.45. The Kier molecular flexibility index (Phi) is 5.56. The van der Waals surface area contributed by atoms with Gasteiger partial charge in [-0.1, -0.05) is 23.7 Å². The van der Waals surface area contributed by atoms with E-state index in [1.54, 1.807) is 0 Å². The summed E-state index contributed by atoms with van der Waals surface area (Å²) in [6.07, 6.45) is 2.67. The van der Waals surface area contributed by atoms with E-state index in [1.807, 2.05) is 0 Å². The van der Waals surface area contributed by atoms with Crippen LogP contribution in [0.2, 0.25) is 5.02 Å². The molecule has 1 fully saturated rings. The molecule has 1 heterocycles. The van der Waals surface area contributed by atoms with E-state index in [9.17, 15) is 9.18 Å². The SMILES string of the molecule is CN1CCN(c2cccc3c2C[C@H](NC(=O)c2ccc(F)c(Cl)c2)CC3)CC1. The number of carbonyl (C=O) groups is 1. The van der Waals surface area contributed by atoms with Crippen molar-refractivity contribution in [2.45, 2.75) is 25.3 Å². The number of rotatable bonds is 3. The number of benzene rings is 2. The summed E-state index contributed by atoms with van der Waals surface area (Å²) in [6.45, 7) is 4.18. The Morgan fingerprint density at radius 3 is 2.71 bits per heavy atom. The molecule has 1 aliphatic carbocycles. The Hall–Kier alpha value is -2.11. The summed E-state index contributed by atoms with van der Waals surface area (Å²) < 4.78 is 13.4. The lowest BCUT2D eigenvalue weighted by atomic mass is 9.86. The maximum atomic E-state index is 13.4. The molecule has 1 saturated heterocycles. The predicted octanol–water partition coefficient (Wildman–Crippen LogP) is 3.52. The molecule has 28 heavy (non-hydrogen) atoms. The summed E-state index contributed by atoms with van der Waals surface area (Å²) in [5, 5.41) is 3.08. The first kappa shape index (κ1) is 19.2. The number of likely N-dealkylation sites (N-methyl/N-ethyl adjacent to an activating group) is 1. The van der Waals surface area contributed by atoms with Gasteiger partial charge in [0.15, 0.2) is 0 Å². The number of aryl methyl sites for hydroxylation is 1. The Labute approximate surface area is 170 Å². The summed E-state index contributed by atoms with van der Waals surface area (Å²) >= 11 is 5.82. The van der Waals surface area contributed by atoms with Crippen LogP contribution in [0, 0.1) is 5.82 Å². The third-order valence-electron chi connectivity index (χ3n) is 5.82. The minimum absolute atomic E-state index is 0.0287. The van der Waals surface area contributed by atoms with Gasteiger partial charge in [0, 0.05) is 43.5 Å². The summed E-state index contributed by atoms with van der Waals surface area (Å²) in [4.78, 5) is 17.4. The maximum absolute atomic E-state index is 13.4. The van der Waals surface area contributed by atoms with Crippen LogP contribution in [0.1, 0.15) is 27.9 Å². The second-order valence-corrected chi connectivity index (χ2v) is 8.15. The Morgan fingerprint density at radius 1 is 1.18 bits per heavy atom. The van der Waals surface area contributed by atoms with Crippen molar-refractivity contribution >= 4 is 23.2 Å². The van der Waals surface area contributed by atoms with E-state index in [4.69, 9.17) is 11.6 Å². The fraction of sp³-hybridized carbons (Fsp3) is 0.409. The van der Waals surface area contributed by atoms with Gasteiger partial charge < -0.3 is 15.1 Å². The average Bonchev–Trinajstić information content (AvgIpc) is 2.70. The average molecular weight is 402 g/mol. The second-order valence-electron chi connectivity index (χ2n) is 7.75. The first-order valence-electron chi connectivity index (χ1n) is 9.81. The van der Waals surface area contributed by atoms with Crippen LogP contribution in [-0.2, 0) is 12.8 Å². The molecule has 2 aromatic carbocycles. The van der Waals surface area contributed by atoms with E-state index >= 15 is 0 Å². The topological polar surface area (TPSA) is 35.6 Å². The van der Waals surface area contributed by atoms with Gasteiger partial charge in [-0.05, 0) is 61.7 Å². The van der Waals surface area contributed by atoms with Crippen molar-refractivity contribution in [2.24, 2.45) is 0 Å². The van der Waals surface area contributed by atoms with E-state index in [1.165, 1.54) is 35.0 Å². The number of anilines is 1. The van der Waals surface area contributed by atoms with E-state index in [0.29, 0.717) is 5.56 Å². The van der Waals surface area contributed by atoms with Crippen molar-refractivity contribution in [3.05, 3.63) is 63.9 Å². The van der Waals surface area contributed by atoms with E-state index in [-0.39, 0.29) is 17.0 Å². The largest absolute Gasteiger partial charge is 0.369 e. The minimum atomic E-state index is -0.512. The highest BCUT2D eigenvalue weighted by molar-refractivity contribution is 6.31. The molecule has 6 heteroatoms. The van der Waals surface area contributed by atoms with E-state index in [0.717, 1.165) is 45.4 Å². The van der Waals surface area contributed by atoms with Gasteiger partial charge in [-0.25, -0.2) is 4.39 Å². The highest BCUT2D eigenvalue weighted by atomic mass is 35.5. The summed E-state index contributed by atoms with van der Waals surface area (Å²) in [6, 6.07) is 10.7. The zero-order valence-electron chi connectivity index (χ0n) is 16.0. The number of nitrogens with one attached hydrogen (secondary N) is 1. The summed E-state index contributed by atoms with van der Waals surface area (Å²) in [5.74, 6) is -0.714. The molecule has 2 aliphatic rings. The zero-order chi connectivity index (χ0) is 19.7. The third-order valence-corrected chi connectivity index (χ3v) is 6.11. The second kappa shape index (κ2) is 8.10. The standard InChI is InChI=1S/C22H25ClFN3O/c1-26-9-11-27(12-10-26)21-4-2-3-15-5-7-17(14-18(15)21)25-22(28)16-6-8-20(24)19(23)13-16/h2-4,6,8,13,17H,5,7,9-12,14H2,1H3,(H,25,28)/t17-/m1/s1. The molecule has 0 radical (unpaired) electrons. The molecule has 0 spiro atoms. The molecule has 1 atom stereocenters. The van der Waals surface area contributed by atoms with Crippen LogP contribution in [0.25, 0.3) is 0 Å². The normalized spacial score (nSPS) is 20.0. The molecule has 2 aromatic rings. The van der Waals surface area contributed by atoms with Gasteiger partial charge in [-0.15, -0.1) is 0 Å². The number of hydrogen-bond donors (Lipinski definition) is 1. The predicted molar refractivity (Wildman–Crippen MR) is 111 cm³/mol. The molecule has 148 valence electrons. The lowest BCUT2D eigenvalue weighted by Gasteiger charge is -2.37. The molecule has 0 aromatic heterocycles. The Balaban J connectivity index is 1.49. The van der Waals surface area contributed by atoms with Gasteiger partial charge in [-0.2, -0.15) is 0 Å². The van der Waals surface area contributed by atoms with Crippen molar-refractivity contribution < 1.29 is 9.18 Å². The van der Waals surface area contributed by atoms with Gasteiger partial charge in [0.1, 0.15) is 5.82 Å². The van der Waals surface area contributed by atoms with Crippen LogP contribution >= 0.6 is 11.6 Å². The fourth-order valence-corrected chi connectivity index (χ4v) is 4.32. The molecule has 1 amide bonds.